The van der Waals surface area contributed by atoms with Gasteiger partial charge in [-0.05, 0) is 62.6 Å². The van der Waals surface area contributed by atoms with Crippen LogP contribution in [0, 0.1) is 6.92 Å². The zero-order valence-corrected chi connectivity index (χ0v) is 25.2. The zero-order valence-electron chi connectivity index (χ0n) is 25.2. The number of amides is 3. The van der Waals surface area contributed by atoms with Gasteiger partial charge in [-0.25, -0.2) is 4.79 Å². The van der Waals surface area contributed by atoms with E-state index in [1.807, 2.05) is 73.7 Å². The van der Waals surface area contributed by atoms with Crippen LogP contribution in [-0.4, -0.2) is 41.5 Å². The third-order valence-corrected chi connectivity index (χ3v) is 6.83. The van der Waals surface area contributed by atoms with Gasteiger partial charge in [0.05, 0.1) is 0 Å². The largest absolute Gasteiger partial charge is 0.444 e. The van der Waals surface area contributed by atoms with Crippen molar-refractivity contribution in [3.63, 3.8) is 0 Å². The first-order valence-corrected chi connectivity index (χ1v) is 14.7. The number of ether oxygens (including phenoxy) is 1. The van der Waals surface area contributed by atoms with E-state index in [1.54, 1.807) is 25.7 Å². The second-order valence-corrected chi connectivity index (χ2v) is 11.6. The number of aryl methyl sites for hydroxylation is 1. The molecule has 0 radical (unpaired) electrons. The Hall–Kier alpha value is -3.87. The molecule has 0 fully saturated rings. The molecule has 7 heteroatoms. The van der Waals surface area contributed by atoms with Crippen molar-refractivity contribution in [3.8, 4) is 0 Å². The molecule has 0 bridgehead atoms. The summed E-state index contributed by atoms with van der Waals surface area (Å²) in [4.78, 5) is 41.5. The lowest BCUT2D eigenvalue weighted by Crippen LogP contribution is -2.47. The van der Waals surface area contributed by atoms with Crippen LogP contribution in [0.1, 0.15) is 83.4 Å². The molecule has 0 aliphatic carbocycles. The normalized spacial score (nSPS) is 12.0. The molecular weight excluding hydrogens is 514 g/mol. The second kappa shape index (κ2) is 15.2. The van der Waals surface area contributed by atoms with E-state index >= 15 is 0 Å². The Morgan fingerprint density at radius 2 is 1.51 bits per heavy atom. The molecule has 0 heterocycles. The van der Waals surface area contributed by atoms with Crippen LogP contribution in [0.2, 0.25) is 0 Å². The Bertz CT molecular complexity index is 1300. The molecular formula is C34H45N3O4. The zero-order chi connectivity index (χ0) is 29.8. The van der Waals surface area contributed by atoms with Gasteiger partial charge in [0.1, 0.15) is 18.2 Å². The molecule has 1 atom stereocenters. The number of fused-ring (bicyclic) bond motifs is 1. The van der Waals surface area contributed by atoms with E-state index in [2.05, 4.69) is 17.6 Å². The summed E-state index contributed by atoms with van der Waals surface area (Å²) < 4.78 is 5.32. The fourth-order valence-corrected chi connectivity index (χ4v) is 4.72. The van der Waals surface area contributed by atoms with Gasteiger partial charge < -0.3 is 20.3 Å². The second-order valence-electron chi connectivity index (χ2n) is 11.6. The SMILES string of the molecule is CCCCCCCCN(C(=O)CNC(=O)OC(C)(C)C)C(C(=O)Nc1ccc2ccccc2c1)c1ccc(C)cc1. The summed E-state index contributed by atoms with van der Waals surface area (Å²) in [5, 5.41) is 7.72. The van der Waals surface area contributed by atoms with E-state index in [0.717, 1.165) is 48.4 Å². The van der Waals surface area contributed by atoms with E-state index in [-0.39, 0.29) is 18.4 Å². The smallest absolute Gasteiger partial charge is 0.408 e. The number of nitrogens with zero attached hydrogens (tertiary/aromatic N) is 1. The van der Waals surface area contributed by atoms with Crippen LogP contribution in [0.25, 0.3) is 10.8 Å². The Balaban J connectivity index is 1.87. The van der Waals surface area contributed by atoms with Crippen molar-refractivity contribution >= 4 is 34.4 Å². The Kier molecular flexibility index (Phi) is 11.7. The topological polar surface area (TPSA) is 87.7 Å². The third-order valence-electron chi connectivity index (χ3n) is 6.83. The van der Waals surface area contributed by atoms with Crippen LogP contribution in [0.15, 0.2) is 66.7 Å². The monoisotopic (exact) mass is 559 g/mol. The van der Waals surface area contributed by atoms with Gasteiger partial charge in [0.2, 0.25) is 5.91 Å². The summed E-state index contributed by atoms with van der Waals surface area (Å²) in [5.74, 6) is -0.649. The molecule has 2 N–H and O–H groups in total. The van der Waals surface area contributed by atoms with Gasteiger partial charge in [0.15, 0.2) is 0 Å². The average molecular weight is 560 g/mol. The summed E-state index contributed by atoms with van der Waals surface area (Å²) in [6, 6.07) is 20.5. The minimum atomic E-state index is -0.870. The van der Waals surface area contributed by atoms with Gasteiger partial charge in [-0.15, -0.1) is 0 Å². The standard InChI is InChI=1S/C34H45N3O4/c1-6-7-8-9-10-13-22-37(30(38)24-35-33(40)41-34(3,4)5)31(27-18-16-25(2)17-19-27)32(39)36-29-21-20-26-14-11-12-15-28(26)23-29/h11-12,14-21,23,31H,6-10,13,22,24H2,1-5H3,(H,35,40)(H,36,39). The predicted octanol–water partition coefficient (Wildman–Crippen LogP) is 7.54. The van der Waals surface area contributed by atoms with Crippen molar-refractivity contribution in [1.82, 2.24) is 10.2 Å². The van der Waals surface area contributed by atoms with Crippen LogP contribution in [0.5, 0.6) is 0 Å². The molecule has 0 aliphatic rings. The van der Waals surface area contributed by atoms with Crippen LogP contribution in [-0.2, 0) is 14.3 Å². The van der Waals surface area contributed by atoms with Crippen LogP contribution < -0.4 is 10.6 Å². The first kappa shape index (κ1) is 31.7. The number of hydrogen-bond acceptors (Lipinski definition) is 4. The highest BCUT2D eigenvalue weighted by Gasteiger charge is 2.32. The first-order valence-electron chi connectivity index (χ1n) is 14.7. The lowest BCUT2D eigenvalue weighted by molar-refractivity contribution is -0.138. The maximum Gasteiger partial charge on any atom is 0.408 e. The molecule has 0 spiro atoms. The third kappa shape index (κ3) is 10.2. The van der Waals surface area contributed by atoms with Gasteiger partial charge in [-0.3, -0.25) is 9.59 Å². The first-order chi connectivity index (χ1) is 19.6. The summed E-state index contributed by atoms with van der Waals surface area (Å²) in [6.45, 7) is 9.59. The number of carbonyl (C=O) groups excluding carboxylic acids is 3. The lowest BCUT2D eigenvalue weighted by atomic mass is 10.0. The molecule has 41 heavy (non-hydrogen) atoms. The fourth-order valence-electron chi connectivity index (χ4n) is 4.72. The highest BCUT2D eigenvalue weighted by atomic mass is 16.6. The molecule has 220 valence electrons. The van der Waals surface area contributed by atoms with Crippen molar-refractivity contribution in [1.29, 1.82) is 0 Å². The molecule has 0 saturated heterocycles. The van der Waals surface area contributed by atoms with Crippen molar-refractivity contribution in [2.24, 2.45) is 0 Å². The lowest BCUT2D eigenvalue weighted by Gasteiger charge is -2.32. The van der Waals surface area contributed by atoms with Gasteiger partial charge in [-0.1, -0.05) is 99.2 Å². The van der Waals surface area contributed by atoms with Crippen molar-refractivity contribution in [2.45, 2.75) is 84.8 Å². The Morgan fingerprint density at radius 3 is 2.20 bits per heavy atom. The van der Waals surface area contributed by atoms with Crippen LogP contribution in [0.4, 0.5) is 10.5 Å². The number of nitrogens with one attached hydrogen (secondary N) is 2. The Morgan fingerprint density at radius 1 is 0.854 bits per heavy atom. The average Bonchev–Trinajstić information content (AvgIpc) is 2.92. The van der Waals surface area contributed by atoms with Gasteiger partial charge in [-0.2, -0.15) is 0 Å². The van der Waals surface area contributed by atoms with Crippen molar-refractivity contribution < 1.29 is 19.1 Å². The van der Waals surface area contributed by atoms with Crippen molar-refractivity contribution in [3.05, 3.63) is 77.9 Å². The number of benzene rings is 3. The number of carbonyl (C=O) groups is 3. The van der Waals surface area contributed by atoms with E-state index in [9.17, 15) is 14.4 Å². The molecule has 3 rings (SSSR count). The summed E-state index contributed by atoms with van der Waals surface area (Å²) in [5.41, 5.74) is 1.74. The number of anilines is 1. The number of alkyl carbamates (subject to hydrolysis) is 1. The van der Waals surface area contributed by atoms with E-state index in [1.165, 1.54) is 6.42 Å². The number of hydrogen-bond donors (Lipinski definition) is 2. The van der Waals surface area contributed by atoms with Gasteiger partial charge in [0, 0.05) is 12.2 Å². The van der Waals surface area contributed by atoms with Gasteiger partial charge in [0.25, 0.3) is 5.91 Å². The Labute approximate surface area is 244 Å². The maximum atomic E-state index is 14.0. The minimum Gasteiger partial charge on any atom is -0.444 e. The van der Waals surface area contributed by atoms with E-state index in [0.29, 0.717) is 17.8 Å². The van der Waals surface area contributed by atoms with Crippen molar-refractivity contribution in [2.75, 3.05) is 18.4 Å². The molecule has 3 amide bonds. The molecule has 3 aromatic carbocycles. The quantitative estimate of drug-likeness (QED) is 0.212. The molecule has 0 aromatic heterocycles. The molecule has 0 saturated carbocycles. The fraction of sp³-hybridized carbons (Fsp3) is 0.441. The highest BCUT2D eigenvalue weighted by molar-refractivity contribution is 6.00. The predicted molar refractivity (Wildman–Crippen MR) is 166 cm³/mol. The molecule has 1 unspecified atom stereocenters. The molecule has 0 aliphatic heterocycles. The number of unbranched alkanes of at least 4 members (excludes halogenated alkanes) is 5. The summed E-state index contributed by atoms with van der Waals surface area (Å²) >= 11 is 0. The highest BCUT2D eigenvalue weighted by Crippen LogP contribution is 2.26. The van der Waals surface area contributed by atoms with E-state index < -0.39 is 17.7 Å². The van der Waals surface area contributed by atoms with E-state index in [4.69, 9.17) is 4.74 Å². The molecule has 7 nitrogen and oxygen atoms in total. The van der Waals surface area contributed by atoms with Crippen LogP contribution in [0.3, 0.4) is 0 Å². The minimum absolute atomic E-state index is 0.267. The van der Waals surface area contributed by atoms with Gasteiger partial charge >= 0.3 is 6.09 Å². The number of rotatable bonds is 13. The maximum absolute atomic E-state index is 14.0. The van der Waals surface area contributed by atoms with Crippen LogP contribution >= 0.6 is 0 Å². The summed E-state index contributed by atoms with van der Waals surface area (Å²) in [7, 11) is 0. The summed E-state index contributed by atoms with van der Waals surface area (Å²) in [6.07, 6.45) is 5.61. The molecule has 3 aromatic rings.